The van der Waals surface area contributed by atoms with Gasteiger partial charge >= 0.3 is 5.97 Å². The Balaban J connectivity index is 2.03. The number of nitrogens with zero attached hydrogens (tertiary/aromatic N) is 2. The van der Waals surface area contributed by atoms with Crippen LogP contribution in [0.25, 0.3) is 5.69 Å². The molecule has 0 aliphatic carbocycles. The first-order chi connectivity index (χ1) is 13.0. The molecule has 0 spiro atoms. The van der Waals surface area contributed by atoms with E-state index in [0.717, 1.165) is 0 Å². The first kappa shape index (κ1) is 18.8. The van der Waals surface area contributed by atoms with Crippen LogP contribution in [-0.4, -0.2) is 27.9 Å². The molecule has 5 nitrogen and oxygen atoms in total. The van der Waals surface area contributed by atoms with Gasteiger partial charge in [-0.05, 0) is 43.3 Å². The SMILES string of the molecule is CCOC(=O)c1ncn(-c2ccc(Cl)cc2)c1CC(=O)c1ccccc1F. The maximum Gasteiger partial charge on any atom is 0.358 e. The van der Waals surface area contributed by atoms with Crippen molar-refractivity contribution in [2.75, 3.05) is 6.61 Å². The minimum Gasteiger partial charge on any atom is -0.461 e. The number of imidazole rings is 1. The third-order valence-electron chi connectivity index (χ3n) is 3.94. The van der Waals surface area contributed by atoms with Crippen LogP contribution in [0.3, 0.4) is 0 Å². The summed E-state index contributed by atoms with van der Waals surface area (Å²) in [4.78, 5) is 29.0. The van der Waals surface area contributed by atoms with Crippen LogP contribution >= 0.6 is 11.6 Å². The van der Waals surface area contributed by atoms with Gasteiger partial charge in [0, 0.05) is 10.7 Å². The number of esters is 1. The van der Waals surface area contributed by atoms with E-state index in [0.29, 0.717) is 16.4 Å². The predicted molar refractivity (Wildman–Crippen MR) is 99.0 cm³/mol. The summed E-state index contributed by atoms with van der Waals surface area (Å²) < 4.78 is 20.6. The van der Waals surface area contributed by atoms with Crippen LogP contribution in [0.15, 0.2) is 54.9 Å². The van der Waals surface area contributed by atoms with Crippen LogP contribution in [0.2, 0.25) is 5.02 Å². The Bertz CT molecular complexity index is 983. The summed E-state index contributed by atoms with van der Waals surface area (Å²) in [6.07, 6.45) is 1.22. The van der Waals surface area contributed by atoms with E-state index < -0.39 is 17.6 Å². The van der Waals surface area contributed by atoms with Crippen molar-refractivity contribution < 1.29 is 18.7 Å². The highest BCUT2D eigenvalue weighted by Gasteiger charge is 2.23. The number of ether oxygens (including phenoxy) is 1. The number of rotatable bonds is 6. The monoisotopic (exact) mass is 386 g/mol. The molecule has 0 bridgehead atoms. The van der Waals surface area contributed by atoms with Crippen molar-refractivity contribution in [1.29, 1.82) is 0 Å². The van der Waals surface area contributed by atoms with Gasteiger partial charge in [0.15, 0.2) is 11.5 Å². The lowest BCUT2D eigenvalue weighted by molar-refractivity contribution is 0.0519. The number of carbonyl (C=O) groups is 2. The van der Waals surface area contributed by atoms with Gasteiger partial charge in [0.05, 0.1) is 24.3 Å². The number of halogens is 2. The number of hydrogen-bond acceptors (Lipinski definition) is 4. The third-order valence-corrected chi connectivity index (χ3v) is 4.19. The minimum atomic E-state index is -0.637. The van der Waals surface area contributed by atoms with Gasteiger partial charge in [-0.1, -0.05) is 23.7 Å². The Hall–Kier alpha value is -2.99. The molecule has 0 saturated heterocycles. The van der Waals surface area contributed by atoms with Crippen LogP contribution in [0.1, 0.15) is 33.5 Å². The number of benzene rings is 2. The summed E-state index contributed by atoms with van der Waals surface area (Å²) in [5.41, 5.74) is 0.968. The zero-order valence-electron chi connectivity index (χ0n) is 14.5. The van der Waals surface area contributed by atoms with E-state index in [4.69, 9.17) is 16.3 Å². The lowest BCUT2D eigenvalue weighted by atomic mass is 10.0. The van der Waals surface area contributed by atoms with Crippen molar-refractivity contribution in [2.45, 2.75) is 13.3 Å². The smallest absolute Gasteiger partial charge is 0.358 e. The molecule has 0 fully saturated rings. The van der Waals surface area contributed by atoms with Crippen molar-refractivity contribution in [1.82, 2.24) is 9.55 Å². The highest BCUT2D eigenvalue weighted by Crippen LogP contribution is 2.21. The van der Waals surface area contributed by atoms with Crippen LogP contribution < -0.4 is 0 Å². The fourth-order valence-corrected chi connectivity index (χ4v) is 2.80. The summed E-state index contributed by atoms with van der Waals surface area (Å²) in [6.45, 7) is 1.85. The van der Waals surface area contributed by atoms with Gasteiger partial charge in [0.25, 0.3) is 0 Å². The fraction of sp³-hybridized carbons (Fsp3) is 0.150. The van der Waals surface area contributed by atoms with Crippen molar-refractivity contribution in [3.63, 3.8) is 0 Å². The molecule has 0 radical (unpaired) electrons. The number of hydrogen-bond donors (Lipinski definition) is 0. The summed E-state index contributed by atoms with van der Waals surface area (Å²) in [6, 6.07) is 12.5. The van der Waals surface area contributed by atoms with E-state index in [9.17, 15) is 14.0 Å². The molecular formula is C20H16ClFN2O3. The maximum absolute atomic E-state index is 14.0. The maximum atomic E-state index is 14.0. The Morgan fingerprint density at radius 1 is 1.15 bits per heavy atom. The van der Waals surface area contributed by atoms with Crippen molar-refractivity contribution in [2.24, 2.45) is 0 Å². The topological polar surface area (TPSA) is 61.2 Å². The number of carbonyl (C=O) groups excluding carboxylic acids is 2. The van der Waals surface area contributed by atoms with E-state index in [2.05, 4.69) is 4.98 Å². The lowest BCUT2D eigenvalue weighted by Gasteiger charge is -2.10. The molecular weight excluding hydrogens is 371 g/mol. The van der Waals surface area contributed by atoms with Crippen LogP contribution in [0.5, 0.6) is 0 Å². The molecule has 0 aliphatic rings. The van der Waals surface area contributed by atoms with Crippen molar-refractivity contribution >= 4 is 23.4 Å². The Kier molecular flexibility index (Phi) is 5.66. The first-order valence-corrected chi connectivity index (χ1v) is 8.66. The minimum absolute atomic E-state index is 0.0245. The standard InChI is InChI=1S/C20H16ClFN2O3/c1-2-27-20(26)19-17(11-18(25)15-5-3-4-6-16(15)22)24(12-23-19)14-9-7-13(21)8-10-14/h3-10,12H,2,11H2,1H3. The Morgan fingerprint density at radius 3 is 2.52 bits per heavy atom. The highest BCUT2D eigenvalue weighted by molar-refractivity contribution is 6.30. The second-order valence-corrected chi connectivity index (χ2v) is 6.12. The summed E-state index contributed by atoms with van der Waals surface area (Å²) in [7, 11) is 0. The molecule has 138 valence electrons. The molecule has 0 amide bonds. The van der Waals surface area contributed by atoms with Crippen LogP contribution in [0.4, 0.5) is 4.39 Å². The molecule has 1 heterocycles. The first-order valence-electron chi connectivity index (χ1n) is 8.28. The quantitative estimate of drug-likeness (QED) is 0.469. The normalized spacial score (nSPS) is 10.6. The molecule has 2 aromatic carbocycles. The lowest BCUT2D eigenvalue weighted by Crippen LogP contribution is -2.15. The van der Waals surface area contributed by atoms with E-state index in [1.54, 1.807) is 41.8 Å². The molecule has 3 rings (SSSR count). The average molecular weight is 387 g/mol. The number of ketones is 1. The number of Topliss-reactive ketones (excluding diaryl/α,β-unsaturated/α-hetero) is 1. The van der Waals surface area contributed by atoms with E-state index in [1.807, 2.05) is 0 Å². The molecule has 27 heavy (non-hydrogen) atoms. The van der Waals surface area contributed by atoms with Gasteiger partial charge in [0.1, 0.15) is 12.1 Å². The third kappa shape index (κ3) is 4.06. The summed E-state index contributed by atoms with van der Waals surface area (Å²) in [5.74, 6) is -1.71. The highest BCUT2D eigenvalue weighted by atomic mass is 35.5. The van der Waals surface area contributed by atoms with E-state index in [1.165, 1.54) is 24.5 Å². The van der Waals surface area contributed by atoms with Gasteiger partial charge in [-0.3, -0.25) is 4.79 Å². The van der Waals surface area contributed by atoms with Crippen LogP contribution in [-0.2, 0) is 11.2 Å². The van der Waals surface area contributed by atoms with Crippen molar-refractivity contribution in [3.05, 3.63) is 82.6 Å². The zero-order valence-corrected chi connectivity index (χ0v) is 15.2. The van der Waals surface area contributed by atoms with Crippen LogP contribution in [0, 0.1) is 5.82 Å². The van der Waals surface area contributed by atoms with Gasteiger partial charge in [-0.2, -0.15) is 0 Å². The van der Waals surface area contributed by atoms with Gasteiger partial charge in [-0.15, -0.1) is 0 Å². The average Bonchev–Trinajstić information content (AvgIpc) is 3.06. The molecule has 0 unspecified atom stereocenters. The second kappa shape index (κ2) is 8.14. The zero-order chi connectivity index (χ0) is 19.4. The molecule has 1 aromatic heterocycles. The van der Waals surface area contributed by atoms with Gasteiger partial charge < -0.3 is 9.30 Å². The fourth-order valence-electron chi connectivity index (χ4n) is 2.67. The predicted octanol–water partition coefficient (Wildman–Crippen LogP) is 4.27. The summed E-state index contributed by atoms with van der Waals surface area (Å²) >= 11 is 5.92. The Labute approximate surface area is 160 Å². The summed E-state index contributed by atoms with van der Waals surface area (Å²) in [5, 5.41) is 0.550. The second-order valence-electron chi connectivity index (χ2n) is 5.69. The largest absolute Gasteiger partial charge is 0.461 e. The molecule has 3 aromatic rings. The molecule has 0 atom stereocenters. The van der Waals surface area contributed by atoms with Gasteiger partial charge in [0.2, 0.25) is 0 Å². The number of aromatic nitrogens is 2. The van der Waals surface area contributed by atoms with E-state index >= 15 is 0 Å². The molecule has 0 saturated carbocycles. The Morgan fingerprint density at radius 2 is 1.85 bits per heavy atom. The van der Waals surface area contributed by atoms with Gasteiger partial charge in [-0.25, -0.2) is 14.2 Å². The van der Waals surface area contributed by atoms with E-state index in [-0.39, 0.29) is 24.3 Å². The molecule has 0 N–H and O–H groups in total. The molecule has 7 heteroatoms. The van der Waals surface area contributed by atoms with Crippen molar-refractivity contribution in [3.8, 4) is 5.69 Å². The molecule has 0 aliphatic heterocycles.